The zero-order valence-corrected chi connectivity index (χ0v) is 15.8. The Balaban J connectivity index is 1.69. The van der Waals surface area contributed by atoms with Crippen molar-refractivity contribution >= 4 is 15.9 Å². The predicted molar refractivity (Wildman–Crippen MR) is 94.5 cm³/mol. The van der Waals surface area contributed by atoms with Gasteiger partial charge in [-0.05, 0) is 44.7 Å². The minimum absolute atomic E-state index is 0.0434. The first-order valence-electron chi connectivity index (χ1n) is 8.78. The number of hydrogen-bond acceptors (Lipinski definition) is 4. The quantitative estimate of drug-likeness (QED) is 0.744. The summed E-state index contributed by atoms with van der Waals surface area (Å²) in [5, 5.41) is 0. The van der Waals surface area contributed by atoms with Crippen molar-refractivity contribution in [2.24, 2.45) is 5.92 Å². The van der Waals surface area contributed by atoms with Gasteiger partial charge in [-0.2, -0.15) is 4.31 Å². The van der Waals surface area contributed by atoms with Crippen LogP contribution in [0.5, 0.6) is 0 Å². The third kappa shape index (κ3) is 3.20. The highest BCUT2D eigenvalue weighted by molar-refractivity contribution is 7.89. The van der Waals surface area contributed by atoms with E-state index >= 15 is 0 Å². The molecule has 1 amide bonds. The summed E-state index contributed by atoms with van der Waals surface area (Å²) in [6.45, 7) is 4.97. The topological polar surface area (TPSA) is 66.9 Å². The summed E-state index contributed by atoms with van der Waals surface area (Å²) in [5.41, 5.74) is 0. The lowest BCUT2D eigenvalue weighted by molar-refractivity contribution is -0.181. The number of carbonyl (C=O) groups is 1. The molecule has 2 atom stereocenters. The largest absolute Gasteiger partial charge is 0.369 e. The normalized spacial score (nSPS) is 26.1. The number of nitrogens with zero attached hydrogens (tertiary/aromatic N) is 2. The monoisotopic (exact) mass is 366 g/mol. The molecule has 2 fully saturated rings. The Hall–Kier alpha value is -1.44. The molecule has 1 aromatic rings. The molecule has 2 heterocycles. The Labute approximate surface area is 149 Å². The Kier molecular flexibility index (Phi) is 5.18. The average Bonchev–Trinajstić information content (AvgIpc) is 2.60. The zero-order valence-electron chi connectivity index (χ0n) is 15.0. The SMILES string of the molecule is CO[C@H]1C(=O)N(C(C)C)[C@H]1C1CCN(S(=O)(=O)c2ccccc2)CC1. The molecule has 0 radical (unpaired) electrons. The van der Waals surface area contributed by atoms with E-state index in [9.17, 15) is 13.2 Å². The highest BCUT2D eigenvalue weighted by Gasteiger charge is 2.52. The van der Waals surface area contributed by atoms with Gasteiger partial charge in [-0.3, -0.25) is 4.79 Å². The second kappa shape index (κ2) is 7.05. The molecular formula is C18H26N2O4S. The Morgan fingerprint density at radius 3 is 2.24 bits per heavy atom. The molecule has 0 N–H and O–H groups in total. The van der Waals surface area contributed by atoms with Crippen LogP contribution in [-0.2, 0) is 19.6 Å². The number of hydrogen-bond donors (Lipinski definition) is 0. The maximum atomic E-state index is 12.7. The predicted octanol–water partition coefficient (Wildman–Crippen LogP) is 1.72. The number of likely N-dealkylation sites (tertiary alicyclic amines) is 1. The molecule has 2 aliphatic rings. The highest BCUT2D eigenvalue weighted by atomic mass is 32.2. The average molecular weight is 366 g/mol. The number of sulfonamides is 1. The van der Waals surface area contributed by atoms with E-state index in [1.807, 2.05) is 24.8 Å². The van der Waals surface area contributed by atoms with Crippen LogP contribution in [0.25, 0.3) is 0 Å². The van der Waals surface area contributed by atoms with Gasteiger partial charge in [0, 0.05) is 26.2 Å². The lowest BCUT2D eigenvalue weighted by Crippen LogP contribution is -2.70. The molecule has 0 bridgehead atoms. The smallest absolute Gasteiger partial charge is 0.254 e. The fraction of sp³-hybridized carbons (Fsp3) is 0.611. The summed E-state index contributed by atoms with van der Waals surface area (Å²) in [6.07, 6.45) is 1.10. The first-order valence-corrected chi connectivity index (χ1v) is 10.2. The van der Waals surface area contributed by atoms with Crippen molar-refractivity contribution in [1.29, 1.82) is 0 Å². The molecule has 0 spiro atoms. The van der Waals surface area contributed by atoms with Gasteiger partial charge in [-0.25, -0.2) is 8.42 Å². The second-order valence-corrected chi connectivity index (χ2v) is 8.98. The zero-order chi connectivity index (χ0) is 18.2. The summed E-state index contributed by atoms with van der Waals surface area (Å²) in [4.78, 5) is 14.4. The van der Waals surface area contributed by atoms with Crippen molar-refractivity contribution in [2.75, 3.05) is 20.2 Å². The summed E-state index contributed by atoms with van der Waals surface area (Å²) in [6, 6.07) is 8.74. The van der Waals surface area contributed by atoms with Crippen molar-refractivity contribution < 1.29 is 17.9 Å². The minimum Gasteiger partial charge on any atom is -0.369 e. The highest BCUT2D eigenvalue weighted by Crippen LogP contribution is 2.37. The number of ether oxygens (including phenoxy) is 1. The standard InChI is InChI=1S/C18H26N2O4S/c1-13(2)20-16(17(24-3)18(20)21)14-9-11-19(12-10-14)25(22,23)15-7-5-4-6-8-15/h4-8,13-14,16-17H,9-12H2,1-3H3/t16-,17+/m0/s1. The number of carbonyl (C=O) groups excluding carboxylic acids is 1. The Bertz CT molecular complexity index is 712. The molecule has 0 aromatic heterocycles. The lowest BCUT2D eigenvalue weighted by atomic mass is 9.79. The molecule has 7 heteroatoms. The van der Waals surface area contributed by atoms with Gasteiger partial charge in [0.05, 0.1) is 10.9 Å². The fourth-order valence-corrected chi connectivity index (χ4v) is 5.51. The molecule has 0 unspecified atom stereocenters. The van der Waals surface area contributed by atoms with Gasteiger partial charge in [0.1, 0.15) is 0 Å². The Morgan fingerprint density at radius 2 is 1.72 bits per heavy atom. The van der Waals surface area contributed by atoms with E-state index < -0.39 is 10.0 Å². The van der Waals surface area contributed by atoms with E-state index in [0.717, 1.165) is 12.8 Å². The summed E-state index contributed by atoms with van der Waals surface area (Å²) < 4.78 is 32.4. The lowest BCUT2D eigenvalue weighted by Gasteiger charge is -2.53. The maximum Gasteiger partial charge on any atom is 0.254 e. The van der Waals surface area contributed by atoms with Crippen molar-refractivity contribution in [3.8, 4) is 0 Å². The molecular weight excluding hydrogens is 340 g/mol. The third-order valence-electron chi connectivity index (χ3n) is 5.30. The van der Waals surface area contributed by atoms with E-state index in [0.29, 0.717) is 18.0 Å². The van der Waals surface area contributed by atoms with Crippen molar-refractivity contribution in [1.82, 2.24) is 9.21 Å². The van der Waals surface area contributed by atoms with E-state index in [-0.39, 0.29) is 30.0 Å². The first kappa shape index (κ1) is 18.4. The summed E-state index contributed by atoms with van der Waals surface area (Å²) >= 11 is 0. The number of amides is 1. The molecule has 6 nitrogen and oxygen atoms in total. The van der Waals surface area contributed by atoms with Crippen molar-refractivity contribution in [3.05, 3.63) is 30.3 Å². The number of piperidine rings is 1. The summed E-state index contributed by atoms with van der Waals surface area (Å²) in [7, 11) is -1.87. The van der Waals surface area contributed by atoms with E-state index in [1.54, 1.807) is 35.7 Å². The van der Waals surface area contributed by atoms with Crippen LogP contribution in [0.15, 0.2) is 35.2 Å². The number of β-lactam (4-membered cyclic amide) rings is 1. The van der Waals surface area contributed by atoms with Gasteiger partial charge in [-0.1, -0.05) is 18.2 Å². The number of methoxy groups -OCH3 is 1. The van der Waals surface area contributed by atoms with E-state index in [4.69, 9.17) is 4.74 Å². The van der Waals surface area contributed by atoms with Gasteiger partial charge in [-0.15, -0.1) is 0 Å². The minimum atomic E-state index is -3.44. The number of benzene rings is 1. The van der Waals surface area contributed by atoms with Crippen LogP contribution in [0.1, 0.15) is 26.7 Å². The van der Waals surface area contributed by atoms with Gasteiger partial charge in [0.25, 0.3) is 5.91 Å². The molecule has 138 valence electrons. The number of rotatable bonds is 5. The fourth-order valence-electron chi connectivity index (χ4n) is 4.02. The molecule has 0 aliphatic carbocycles. The molecule has 2 aliphatic heterocycles. The Morgan fingerprint density at radius 1 is 1.12 bits per heavy atom. The third-order valence-corrected chi connectivity index (χ3v) is 7.21. The van der Waals surface area contributed by atoms with Gasteiger partial charge >= 0.3 is 0 Å². The molecule has 2 saturated heterocycles. The van der Waals surface area contributed by atoms with E-state index in [2.05, 4.69) is 0 Å². The van der Waals surface area contributed by atoms with Gasteiger partial charge in [0.2, 0.25) is 10.0 Å². The van der Waals surface area contributed by atoms with Gasteiger partial charge < -0.3 is 9.64 Å². The van der Waals surface area contributed by atoms with Crippen molar-refractivity contribution in [2.45, 2.75) is 49.8 Å². The second-order valence-electron chi connectivity index (χ2n) is 7.04. The molecule has 25 heavy (non-hydrogen) atoms. The van der Waals surface area contributed by atoms with E-state index in [1.165, 1.54) is 0 Å². The van der Waals surface area contributed by atoms with Crippen LogP contribution < -0.4 is 0 Å². The molecule has 3 rings (SSSR count). The van der Waals surface area contributed by atoms with Crippen LogP contribution in [0.4, 0.5) is 0 Å². The summed E-state index contributed by atoms with van der Waals surface area (Å²) in [5.74, 6) is 0.314. The van der Waals surface area contributed by atoms with Crippen LogP contribution in [0.2, 0.25) is 0 Å². The maximum absolute atomic E-state index is 12.7. The molecule has 1 aromatic carbocycles. The van der Waals surface area contributed by atoms with Crippen LogP contribution >= 0.6 is 0 Å². The van der Waals surface area contributed by atoms with Crippen LogP contribution in [-0.4, -0.2) is 61.9 Å². The molecule has 0 saturated carbocycles. The van der Waals surface area contributed by atoms with Crippen LogP contribution in [0, 0.1) is 5.92 Å². The first-order chi connectivity index (χ1) is 11.9. The van der Waals surface area contributed by atoms with Crippen LogP contribution in [0.3, 0.4) is 0 Å². The van der Waals surface area contributed by atoms with Gasteiger partial charge in [0.15, 0.2) is 6.10 Å². The van der Waals surface area contributed by atoms with Crippen molar-refractivity contribution in [3.63, 3.8) is 0 Å².